The minimum atomic E-state index is -2.99. The predicted molar refractivity (Wildman–Crippen MR) is 60.6 cm³/mol. The largest absolute Gasteiger partial charge is 0.390 e. The monoisotopic (exact) mass is 235 g/mol. The molecule has 0 aromatic rings. The molecule has 2 unspecified atom stereocenters. The van der Waals surface area contributed by atoms with E-state index in [1.165, 1.54) is 6.42 Å². The summed E-state index contributed by atoms with van der Waals surface area (Å²) in [6.45, 7) is 2.82. The Labute approximate surface area is 96.4 Å². The first-order valence-electron chi connectivity index (χ1n) is 6.18. The van der Waals surface area contributed by atoms with Gasteiger partial charge in [-0.15, -0.1) is 0 Å². The Morgan fingerprint density at radius 2 is 1.94 bits per heavy atom. The lowest BCUT2D eigenvalue weighted by Gasteiger charge is -2.35. The van der Waals surface area contributed by atoms with Crippen LogP contribution in [0.4, 0.5) is 8.78 Å². The van der Waals surface area contributed by atoms with Crippen molar-refractivity contribution in [1.82, 2.24) is 5.32 Å². The second-order valence-corrected chi connectivity index (χ2v) is 5.19. The molecule has 2 nitrogen and oxygen atoms in total. The molecule has 1 saturated carbocycles. The molecule has 1 fully saturated rings. The maximum atomic E-state index is 12.9. The highest BCUT2D eigenvalue weighted by atomic mass is 19.3. The van der Waals surface area contributed by atoms with E-state index in [2.05, 4.69) is 19.2 Å². The van der Waals surface area contributed by atoms with E-state index in [9.17, 15) is 8.78 Å². The molecule has 0 saturated heterocycles. The molecule has 0 aromatic heterocycles. The van der Waals surface area contributed by atoms with Crippen molar-refractivity contribution in [3.8, 4) is 0 Å². The molecule has 1 aliphatic carbocycles. The normalized spacial score (nSPS) is 27.4. The summed E-state index contributed by atoms with van der Waals surface area (Å²) >= 11 is 0. The third-order valence-electron chi connectivity index (χ3n) is 3.53. The smallest absolute Gasteiger partial charge is 0.282 e. The minimum absolute atomic E-state index is 0.186. The van der Waals surface area contributed by atoms with Gasteiger partial charge in [-0.2, -0.15) is 0 Å². The Morgan fingerprint density at radius 3 is 2.50 bits per heavy atom. The van der Waals surface area contributed by atoms with Crippen molar-refractivity contribution in [3.63, 3.8) is 0 Å². The maximum absolute atomic E-state index is 12.9. The van der Waals surface area contributed by atoms with E-state index >= 15 is 0 Å². The SMILES string of the molecule is CC(C)C1CCCCC1NCC(F)(F)CO. The standard InChI is InChI=1S/C12H23F2NO/c1-9(2)10-5-3-4-6-11(10)15-7-12(13,14)8-16/h9-11,15-16H,3-8H2,1-2H3. The Kier molecular flexibility index (Phi) is 5.12. The van der Waals surface area contributed by atoms with Gasteiger partial charge in [0.05, 0.1) is 6.54 Å². The molecular formula is C12H23F2NO. The van der Waals surface area contributed by atoms with Crippen LogP contribution in [0.1, 0.15) is 39.5 Å². The zero-order chi connectivity index (χ0) is 12.2. The van der Waals surface area contributed by atoms with Crippen molar-refractivity contribution in [2.45, 2.75) is 51.5 Å². The number of rotatable bonds is 5. The molecule has 4 heteroatoms. The van der Waals surface area contributed by atoms with E-state index in [1.807, 2.05) is 0 Å². The lowest BCUT2D eigenvalue weighted by molar-refractivity contribution is -0.0518. The number of hydrogen-bond acceptors (Lipinski definition) is 2. The van der Waals surface area contributed by atoms with Gasteiger partial charge in [0.25, 0.3) is 5.92 Å². The average molecular weight is 235 g/mol. The van der Waals surface area contributed by atoms with E-state index < -0.39 is 19.1 Å². The highest BCUT2D eigenvalue weighted by Gasteiger charge is 2.32. The van der Waals surface area contributed by atoms with Crippen LogP contribution in [0, 0.1) is 11.8 Å². The quantitative estimate of drug-likeness (QED) is 0.767. The Bertz CT molecular complexity index is 209. The van der Waals surface area contributed by atoms with Crippen molar-refractivity contribution < 1.29 is 13.9 Å². The fraction of sp³-hybridized carbons (Fsp3) is 1.00. The second-order valence-electron chi connectivity index (χ2n) is 5.19. The van der Waals surface area contributed by atoms with Gasteiger partial charge in [0.15, 0.2) is 0 Å². The lowest BCUT2D eigenvalue weighted by Crippen LogP contribution is -2.46. The van der Waals surface area contributed by atoms with Gasteiger partial charge in [-0.05, 0) is 24.7 Å². The van der Waals surface area contributed by atoms with E-state index in [0.29, 0.717) is 11.8 Å². The summed E-state index contributed by atoms with van der Waals surface area (Å²) in [6, 6.07) is 0.186. The van der Waals surface area contributed by atoms with Gasteiger partial charge in [-0.1, -0.05) is 26.7 Å². The summed E-state index contributed by atoms with van der Waals surface area (Å²) in [5.41, 5.74) is 0. The first-order valence-corrected chi connectivity index (χ1v) is 6.18. The summed E-state index contributed by atoms with van der Waals surface area (Å²) in [7, 11) is 0. The molecule has 1 rings (SSSR count). The molecule has 0 heterocycles. The molecule has 1 aliphatic rings. The molecule has 2 atom stereocenters. The predicted octanol–water partition coefficient (Wildman–Crippen LogP) is 2.42. The number of alkyl halides is 2. The van der Waals surface area contributed by atoms with E-state index in [-0.39, 0.29) is 6.04 Å². The van der Waals surface area contributed by atoms with Gasteiger partial charge < -0.3 is 10.4 Å². The average Bonchev–Trinajstić information content (AvgIpc) is 2.27. The lowest BCUT2D eigenvalue weighted by atomic mass is 9.78. The molecular weight excluding hydrogens is 212 g/mol. The minimum Gasteiger partial charge on any atom is -0.390 e. The Hall–Kier alpha value is -0.220. The third kappa shape index (κ3) is 3.98. The number of halogens is 2. The summed E-state index contributed by atoms with van der Waals surface area (Å²) < 4.78 is 25.8. The van der Waals surface area contributed by atoms with Crippen molar-refractivity contribution in [3.05, 3.63) is 0 Å². The molecule has 0 aromatic carbocycles. The van der Waals surface area contributed by atoms with Crippen molar-refractivity contribution in [2.24, 2.45) is 11.8 Å². The van der Waals surface area contributed by atoms with Crippen molar-refractivity contribution in [1.29, 1.82) is 0 Å². The molecule has 0 bridgehead atoms. The molecule has 96 valence electrons. The van der Waals surface area contributed by atoms with Crippen LogP contribution in [-0.2, 0) is 0 Å². The van der Waals surface area contributed by atoms with Crippen LogP contribution in [0.25, 0.3) is 0 Å². The van der Waals surface area contributed by atoms with Gasteiger partial charge in [-0.25, -0.2) is 8.78 Å². The molecule has 0 amide bonds. The highest BCUT2D eigenvalue weighted by molar-refractivity contribution is 4.84. The van der Waals surface area contributed by atoms with E-state index in [1.54, 1.807) is 0 Å². The maximum Gasteiger partial charge on any atom is 0.282 e. The fourth-order valence-corrected chi connectivity index (χ4v) is 2.55. The van der Waals surface area contributed by atoms with Crippen LogP contribution in [0.15, 0.2) is 0 Å². The van der Waals surface area contributed by atoms with Crippen LogP contribution in [0.2, 0.25) is 0 Å². The van der Waals surface area contributed by atoms with Crippen LogP contribution < -0.4 is 5.32 Å². The van der Waals surface area contributed by atoms with Gasteiger partial charge in [0.1, 0.15) is 6.61 Å². The first-order chi connectivity index (χ1) is 7.46. The molecule has 0 spiro atoms. The summed E-state index contributed by atoms with van der Waals surface area (Å²) in [4.78, 5) is 0. The number of aliphatic hydroxyl groups excluding tert-OH is 1. The molecule has 16 heavy (non-hydrogen) atoms. The number of hydrogen-bond donors (Lipinski definition) is 2. The van der Waals surface area contributed by atoms with Crippen molar-refractivity contribution >= 4 is 0 Å². The number of aliphatic hydroxyl groups is 1. The summed E-state index contributed by atoms with van der Waals surface area (Å²) in [6.07, 6.45) is 4.42. The van der Waals surface area contributed by atoms with Crippen LogP contribution >= 0.6 is 0 Å². The molecule has 0 aliphatic heterocycles. The zero-order valence-corrected chi connectivity index (χ0v) is 10.2. The van der Waals surface area contributed by atoms with Gasteiger partial charge in [0, 0.05) is 6.04 Å². The third-order valence-corrected chi connectivity index (χ3v) is 3.53. The van der Waals surface area contributed by atoms with Crippen LogP contribution in [0.3, 0.4) is 0 Å². The van der Waals surface area contributed by atoms with Crippen LogP contribution in [0.5, 0.6) is 0 Å². The topological polar surface area (TPSA) is 32.3 Å². The van der Waals surface area contributed by atoms with Gasteiger partial charge >= 0.3 is 0 Å². The van der Waals surface area contributed by atoms with Crippen LogP contribution in [-0.4, -0.2) is 30.2 Å². The first kappa shape index (κ1) is 13.8. The number of nitrogens with one attached hydrogen (secondary N) is 1. The van der Waals surface area contributed by atoms with Crippen molar-refractivity contribution in [2.75, 3.05) is 13.2 Å². The Morgan fingerprint density at radius 1 is 1.31 bits per heavy atom. The Balaban J connectivity index is 2.44. The van der Waals surface area contributed by atoms with Gasteiger partial charge in [-0.3, -0.25) is 0 Å². The second kappa shape index (κ2) is 5.92. The van der Waals surface area contributed by atoms with E-state index in [4.69, 9.17) is 5.11 Å². The van der Waals surface area contributed by atoms with E-state index in [0.717, 1.165) is 19.3 Å². The summed E-state index contributed by atoms with van der Waals surface area (Å²) in [5, 5.41) is 11.4. The fourth-order valence-electron chi connectivity index (χ4n) is 2.55. The summed E-state index contributed by atoms with van der Waals surface area (Å²) in [5.74, 6) is -1.97. The van der Waals surface area contributed by atoms with Gasteiger partial charge in [0.2, 0.25) is 0 Å². The zero-order valence-electron chi connectivity index (χ0n) is 10.2. The highest BCUT2D eigenvalue weighted by Crippen LogP contribution is 2.30. The molecule has 2 N–H and O–H groups in total. The molecule has 0 radical (unpaired) electrons.